The first kappa shape index (κ1) is 13.9. The lowest BCUT2D eigenvalue weighted by molar-refractivity contribution is -0.125. The van der Waals surface area contributed by atoms with Gasteiger partial charge in [0.15, 0.2) is 0 Å². The van der Waals surface area contributed by atoms with E-state index in [1.807, 2.05) is 12.1 Å². The molecule has 0 aromatic heterocycles. The minimum atomic E-state index is 0.125. The van der Waals surface area contributed by atoms with E-state index in [4.69, 9.17) is 23.2 Å². The fourth-order valence-corrected chi connectivity index (χ4v) is 3.12. The normalized spacial score (nSPS) is 24.3. The molecule has 0 bridgehead atoms. The maximum atomic E-state index is 12.0. The highest BCUT2D eigenvalue weighted by Gasteiger charge is 2.28. The van der Waals surface area contributed by atoms with Crippen molar-refractivity contribution in [2.24, 2.45) is 11.8 Å². The molecule has 1 nitrogen and oxygen atoms in total. The number of halogens is 2. The molecule has 98 valence electrons. The number of rotatable bonds is 3. The van der Waals surface area contributed by atoms with Crippen LogP contribution in [0.3, 0.4) is 0 Å². The van der Waals surface area contributed by atoms with Crippen molar-refractivity contribution in [3.8, 4) is 0 Å². The maximum absolute atomic E-state index is 12.0. The average molecular weight is 285 g/mol. The van der Waals surface area contributed by atoms with Crippen LogP contribution in [0.5, 0.6) is 0 Å². The minimum Gasteiger partial charge on any atom is -0.299 e. The highest BCUT2D eigenvalue weighted by Crippen LogP contribution is 2.32. The molecular weight excluding hydrogens is 267 g/mol. The molecule has 0 aliphatic heterocycles. The number of hydrogen-bond donors (Lipinski definition) is 0. The number of carbonyl (C=O) groups excluding carboxylic acids is 1. The third kappa shape index (κ3) is 3.27. The van der Waals surface area contributed by atoms with Crippen LogP contribution >= 0.6 is 23.2 Å². The Hall–Kier alpha value is -0.530. The van der Waals surface area contributed by atoms with Crippen LogP contribution in [0.2, 0.25) is 10.0 Å². The second kappa shape index (κ2) is 6.08. The molecule has 0 spiro atoms. The Labute approximate surface area is 118 Å². The summed E-state index contributed by atoms with van der Waals surface area (Å²) in [6.07, 6.45) is 4.66. The molecule has 0 saturated heterocycles. The van der Waals surface area contributed by atoms with Gasteiger partial charge in [0.2, 0.25) is 0 Å². The van der Waals surface area contributed by atoms with Crippen LogP contribution in [0.15, 0.2) is 18.2 Å². The Balaban J connectivity index is 2.11. The van der Waals surface area contributed by atoms with Crippen molar-refractivity contribution in [2.45, 2.75) is 39.0 Å². The monoisotopic (exact) mass is 284 g/mol. The SMILES string of the molecule is CCC1CCC(=O)C(Cc2cc(Cl)ccc2Cl)C1. The fraction of sp³-hybridized carbons (Fsp3) is 0.533. The van der Waals surface area contributed by atoms with E-state index in [9.17, 15) is 4.79 Å². The lowest BCUT2D eigenvalue weighted by Gasteiger charge is -2.27. The lowest BCUT2D eigenvalue weighted by Crippen LogP contribution is -2.26. The number of carbonyl (C=O) groups is 1. The summed E-state index contributed by atoms with van der Waals surface area (Å²) in [5, 5.41) is 1.40. The van der Waals surface area contributed by atoms with Crippen molar-refractivity contribution in [3.05, 3.63) is 33.8 Å². The van der Waals surface area contributed by atoms with E-state index in [0.717, 1.165) is 37.7 Å². The molecule has 2 rings (SSSR count). The summed E-state index contributed by atoms with van der Waals surface area (Å²) in [5.74, 6) is 1.20. The molecule has 1 aromatic rings. The van der Waals surface area contributed by atoms with Crippen LogP contribution in [0.4, 0.5) is 0 Å². The first-order chi connectivity index (χ1) is 8.60. The van der Waals surface area contributed by atoms with Gasteiger partial charge >= 0.3 is 0 Å². The van der Waals surface area contributed by atoms with Crippen molar-refractivity contribution in [3.63, 3.8) is 0 Å². The molecule has 1 saturated carbocycles. The van der Waals surface area contributed by atoms with Crippen LogP contribution in [0, 0.1) is 11.8 Å². The van der Waals surface area contributed by atoms with Crippen molar-refractivity contribution in [1.82, 2.24) is 0 Å². The van der Waals surface area contributed by atoms with Crippen LogP contribution in [-0.2, 0) is 11.2 Å². The zero-order chi connectivity index (χ0) is 13.1. The van der Waals surface area contributed by atoms with E-state index in [0.29, 0.717) is 21.7 Å². The molecule has 1 aromatic carbocycles. The molecule has 0 heterocycles. The number of hydrogen-bond acceptors (Lipinski definition) is 1. The molecule has 0 amide bonds. The van der Waals surface area contributed by atoms with E-state index in [1.165, 1.54) is 0 Å². The summed E-state index contributed by atoms with van der Waals surface area (Å²) in [5.41, 5.74) is 0.999. The summed E-state index contributed by atoms with van der Waals surface area (Å²) >= 11 is 12.1. The van der Waals surface area contributed by atoms with Gasteiger partial charge < -0.3 is 0 Å². The van der Waals surface area contributed by atoms with Gasteiger partial charge in [0, 0.05) is 22.4 Å². The van der Waals surface area contributed by atoms with Crippen molar-refractivity contribution >= 4 is 29.0 Å². The molecule has 1 aliphatic rings. The van der Waals surface area contributed by atoms with E-state index in [-0.39, 0.29) is 5.92 Å². The van der Waals surface area contributed by atoms with Gasteiger partial charge in [-0.15, -0.1) is 0 Å². The number of Topliss-reactive ketones (excluding diaryl/α,β-unsaturated/α-hetero) is 1. The van der Waals surface area contributed by atoms with Gasteiger partial charge in [-0.05, 0) is 48.9 Å². The van der Waals surface area contributed by atoms with Crippen molar-refractivity contribution in [1.29, 1.82) is 0 Å². The van der Waals surface area contributed by atoms with Crippen molar-refractivity contribution < 1.29 is 4.79 Å². The van der Waals surface area contributed by atoms with Gasteiger partial charge in [0.05, 0.1) is 0 Å². The van der Waals surface area contributed by atoms with Gasteiger partial charge in [-0.1, -0.05) is 36.5 Å². The fourth-order valence-electron chi connectivity index (χ4n) is 2.74. The average Bonchev–Trinajstić information content (AvgIpc) is 2.36. The Morgan fingerprint density at radius 2 is 2.11 bits per heavy atom. The first-order valence-electron chi connectivity index (χ1n) is 6.56. The highest BCUT2D eigenvalue weighted by molar-refractivity contribution is 6.33. The van der Waals surface area contributed by atoms with Crippen LogP contribution in [0.1, 0.15) is 38.2 Å². The van der Waals surface area contributed by atoms with Crippen LogP contribution < -0.4 is 0 Å². The third-order valence-corrected chi connectivity index (χ3v) is 4.53. The molecule has 0 radical (unpaired) electrons. The molecule has 1 aliphatic carbocycles. The molecule has 2 unspecified atom stereocenters. The second-order valence-corrected chi connectivity index (χ2v) is 6.00. The Morgan fingerprint density at radius 1 is 1.33 bits per heavy atom. The largest absolute Gasteiger partial charge is 0.299 e. The van der Waals surface area contributed by atoms with E-state index in [1.54, 1.807) is 6.07 Å². The van der Waals surface area contributed by atoms with Crippen molar-refractivity contribution in [2.75, 3.05) is 0 Å². The molecule has 1 fully saturated rings. The van der Waals surface area contributed by atoms with Gasteiger partial charge in [0.25, 0.3) is 0 Å². The quantitative estimate of drug-likeness (QED) is 0.769. The number of ketones is 1. The molecule has 0 N–H and O–H groups in total. The van der Waals surface area contributed by atoms with Crippen LogP contribution in [0.25, 0.3) is 0 Å². The van der Waals surface area contributed by atoms with E-state index >= 15 is 0 Å². The molecule has 2 atom stereocenters. The first-order valence-corrected chi connectivity index (χ1v) is 7.32. The molecule has 3 heteroatoms. The zero-order valence-electron chi connectivity index (χ0n) is 10.6. The Morgan fingerprint density at radius 3 is 2.83 bits per heavy atom. The van der Waals surface area contributed by atoms with Gasteiger partial charge in [-0.25, -0.2) is 0 Å². The maximum Gasteiger partial charge on any atom is 0.136 e. The van der Waals surface area contributed by atoms with Crippen LogP contribution in [-0.4, -0.2) is 5.78 Å². The summed E-state index contributed by atoms with van der Waals surface area (Å²) in [6.45, 7) is 2.20. The Bertz CT molecular complexity index is 442. The summed E-state index contributed by atoms with van der Waals surface area (Å²) < 4.78 is 0. The van der Waals surface area contributed by atoms with E-state index in [2.05, 4.69) is 6.92 Å². The topological polar surface area (TPSA) is 17.1 Å². The van der Waals surface area contributed by atoms with E-state index < -0.39 is 0 Å². The third-order valence-electron chi connectivity index (χ3n) is 3.92. The van der Waals surface area contributed by atoms with Gasteiger partial charge in [-0.3, -0.25) is 4.79 Å². The molecular formula is C15H18Cl2O. The predicted octanol–water partition coefficient (Wildman–Crippen LogP) is 4.93. The van der Waals surface area contributed by atoms with Gasteiger partial charge in [-0.2, -0.15) is 0 Å². The lowest BCUT2D eigenvalue weighted by atomic mass is 9.77. The standard InChI is InChI=1S/C15H18Cl2O/c1-2-10-3-6-15(18)12(7-10)8-11-9-13(16)4-5-14(11)17/h4-5,9-10,12H,2-3,6-8H2,1H3. The summed E-state index contributed by atoms with van der Waals surface area (Å²) in [6, 6.07) is 5.47. The van der Waals surface area contributed by atoms with Gasteiger partial charge in [0.1, 0.15) is 5.78 Å². The second-order valence-electron chi connectivity index (χ2n) is 5.15. The Kier molecular flexibility index (Phi) is 4.69. The summed E-state index contributed by atoms with van der Waals surface area (Å²) in [7, 11) is 0. The highest BCUT2D eigenvalue weighted by atomic mass is 35.5. The smallest absolute Gasteiger partial charge is 0.136 e. The number of benzene rings is 1. The zero-order valence-corrected chi connectivity index (χ0v) is 12.1. The predicted molar refractivity (Wildman–Crippen MR) is 76.3 cm³/mol. The minimum absolute atomic E-state index is 0.125. The molecule has 18 heavy (non-hydrogen) atoms. The summed E-state index contributed by atoms with van der Waals surface area (Å²) in [4.78, 5) is 12.0.